The Bertz CT molecular complexity index is 1230. The Kier molecular flexibility index (Phi) is 5.45. The molecular weight excluding hydrogens is 413 g/mol. The first kappa shape index (κ1) is 19.6. The molecule has 30 heavy (non-hydrogen) atoms. The normalized spacial score (nSPS) is 11.5. The number of aromatic amines is 1. The molecule has 154 valence electrons. The van der Waals surface area contributed by atoms with Gasteiger partial charge in [0.1, 0.15) is 23.8 Å². The quantitative estimate of drug-likeness (QED) is 0.352. The second-order valence-corrected chi connectivity index (χ2v) is 7.82. The molecule has 3 heterocycles. The highest BCUT2D eigenvalue weighted by molar-refractivity contribution is 7.89. The van der Waals surface area contributed by atoms with E-state index in [0.717, 1.165) is 12.1 Å². The minimum Gasteiger partial charge on any atom is -0.369 e. The van der Waals surface area contributed by atoms with E-state index in [1.54, 1.807) is 6.07 Å². The third kappa shape index (κ3) is 4.31. The maximum absolute atomic E-state index is 14.0. The van der Waals surface area contributed by atoms with Crippen LogP contribution in [-0.4, -0.2) is 56.7 Å². The summed E-state index contributed by atoms with van der Waals surface area (Å²) in [6.07, 6.45) is 5.12. The predicted molar refractivity (Wildman–Crippen MR) is 105 cm³/mol. The van der Waals surface area contributed by atoms with Crippen LogP contribution in [0.25, 0.3) is 17.2 Å². The van der Waals surface area contributed by atoms with Crippen molar-refractivity contribution < 1.29 is 12.8 Å². The van der Waals surface area contributed by atoms with Crippen LogP contribution < -0.4 is 10.0 Å². The van der Waals surface area contributed by atoms with Crippen LogP contribution >= 0.6 is 0 Å². The van der Waals surface area contributed by atoms with E-state index >= 15 is 0 Å². The Balaban J connectivity index is 1.38. The summed E-state index contributed by atoms with van der Waals surface area (Å²) >= 11 is 0. The molecule has 0 amide bonds. The maximum atomic E-state index is 14.0. The summed E-state index contributed by atoms with van der Waals surface area (Å²) in [6.45, 7) is 0.361. The molecular formula is C17H16FN9O2S. The fourth-order valence-electron chi connectivity index (χ4n) is 2.65. The van der Waals surface area contributed by atoms with E-state index in [0.29, 0.717) is 11.6 Å². The summed E-state index contributed by atoms with van der Waals surface area (Å²) in [7, 11) is -3.87. The van der Waals surface area contributed by atoms with Crippen LogP contribution in [0.4, 0.5) is 10.2 Å². The largest absolute Gasteiger partial charge is 0.369 e. The van der Waals surface area contributed by atoms with Crippen LogP contribution in [0.1, 0.15) is 0 Å². The van der Waals surface area contributed by atoms with Crippen molar-refractivity contribution >= 4 is 15.8 Å². The second-order valence-electron chi connectivity index (χ2n) is 6.05. The number of halogens is 1. The van der Waals surface area contributed by atoms with E-state index in [2.05, 4.69) is 40.6 Å². The molecule has 11 nitrogen and oxygen atoms in total. The first-order valence-corrected chi connectivity index (χ1v) is 10.2. The zero-order valence-electron chi connectivity index (χ0n) is 15.4. The molecule has 0 unspecified atom stereocenters. The average molecular weight is 429 g/mol. The van der Waals surface area contributed by atoms with Gasteiger partial charge in [0, 0.05) is 31.5 Å². The van der Waals surface area contributed by atoms with Gasteiger partial charge in [-0.05, 0) is 35.5 Å². The lowest BCUT2D eigenvalue weighted by atomic mass is 10.2. The van der Waals surface area contributed by atoms with Gasteiger partial charge in [0.2, 0.25) is 15.8 Å². The molecule has 4 rings (SSSR count). The molecule has 1 aromatic carbocycles. The van der Waals surface area contributed by atoms with E-state index in [9.17, 15) is 12.8 Å². The highest BCUT2D eigenvalue weighted by atomic mass is 32.2. The summed E-state index contributed by atoms with van der Waals surface area (Å²) in [6, 6.07) is 8.87. The average Bonchev–Trinajstić information content (AvgIpc) is 3.46. The van der Waals surface area contributed by atoms with Crippen LogP contribution in [0.5, 0.6) is 0 Å². The van der Waals surface area contributed by atoms with Gasteiger partial charge in [-0.3, -0.25) is 0 Å². The number of benzene rings is 1. The Morgan fingerprint density at radius 2 is 1.93 bits per heavy atom. The van der Waals surface area contributed by atoms with E-state index in [-0.39, 0.29) is 29.4 Å². The smallest absolute Gasteiger partial charge is 0.240 e. The number of sulfonamides is 1. The van der Waals surface area contributed by atoms with Crippen molar-refractivity contribution in [1.82, 2.24) is 39.9 Å². The van der Waals surface area contributed by atoms with Crippen molar-refractivity contribution in [2.24, 2.45) is 0 Å². The molecule has 0 atom stereocenters. The molecule has 3 aromatic heterocycles. The minimum absolute atomic E-state index is 0.0338. The lowest BCUT2D eigenvalue weighted by Crippen LogP contribution is -2.29. The fourth-order valence-corrected chi connectivity index (χ4v) is 3.71. The molecule has 13 heteroatoms. The van der Waals surface area contributed by atoms with Crippen molar-refractivity contribution in [2.75, 3.05) is 18.4 Å². The fraction of sp³-hybridized carbons (Fsp3) is 0.118. The van der Waals surface area contributed by atoms with Gasteiger partial charge in [-0.1, -0.05) is 0 Å². The van der Waals surface area contributed by atoms with Gasteiger partial charge in [-0.2, -0.15) is 5.21 Å². The van der Waals surface area contributed by atoms with Crippen LogP contribution in [-0.2, 0) is 10.0 Å². The van der Waals surface area contributed by atoms with Gasteiger partial charge >= 0.3 is 0 Å². The maximum Gasteiger partial charge on any atom is 0.240 e. The standard InChI is InChI=1S/C17H16FN9O2S/c18-14-4-3-12(9-13(14)17-23-25-26-24-17)30(28,29)22-6-5-19-15-10-16(21-11-20-15)27-7-1-2-8-27/h1-4,7-11,22H,5-6H2,(H,19,20,21)(H,23,24,25,26). The predicted octanol–water partition coefficient (Wildman–Crippen LogP) is 0.977. The van der Waals surface area contributed by atoms with Gasteiger partial charge < -0.3 is 9.88 Å². The van der Waals surface area contributed by atoms with Crippen molar-refractivity contribution in [3.63, 3.8) is 0 Å². The third-order valence-corrected chi connectivity index (χ3v) is 5.54. The first-order chi connectivity index (χ1) is 14.5. The minimum atomic E-state index is -3.87. The van der Waals surface area contributed by atoms with Gasteiger partial charge in [-0.25, -0.2) is 27.5 Å². The lowest BCUT2D eigenvalue weighted by molar-refractivity contribution is 0.582. The monoisotopic (exact) mass is 429 g/mol. The molecule has 3 N–H and O–H groups in total. The van der Waals surface area contributed by atoms with Crippen molar-refractivity contribution in [2.45, 2.75) is 4.90 Å². The number of tetrazole rings is 1. The Morgan fingerprint density at radius 3 is 2.70 bits per heavy atom. The zero-order chi connectivity index (χ0) is 21.0. The molecule has 0 radical (unpaired) electrons. The van der Waals surface area contributed by atoms with Crippen LogP contribution in [0.3, 0.4) is 0 Å². The van der Waals surface area contributed by atoms with Crippen LogP contribution in [0, 0.1) is 5.82 Å². The summed E-state index contributed by atoms with van der Waals surface area (Å²) in [5, 5.41) is 15.9. The number of aromatic nitrogens is 7. The number of rotatable bonds is 8. The van der Waals surface area contributed by atoms with Crippen molar-refractivity contribution in [1.29, 1.82) is 0 Å². The summed E-state index contributed by atoms with van der Waals surface area (Å²) < 4.78 is 43.3. The summed E-state index contributed by atoms with van der Waals surface area (Å²) in [5.74, 6) is 0.542. The number of nitrogens with zero attached hydrogens (tertiary/aromatic N) is 6. The first-order valence-electron chi connectivity index (χ1n) is 8.75. The van der Waals surface area contributed by atoms with E-state index in [4.69, 9.17) is 0 Å². The van der Waals surface area contributed by atoms with Gasteiger partial charge in [0.05, 0.1) is 10.5 Å². The molecule has 4 aromatic rings. The van der Waals surface area contributed by atoms with Gasteiger partial charge in [0.25, 0.3) is 0 Å². The number of nitrogens with one attached hydrogen (secondary N) is 3. The van der Waals surface area contributed by atoms with E-state index < -0.39 is 15.8 Å². The Morgan fingerprint density at radius 1 is 1.10 bits per heavy atom. The van der Waals surface area contributed by atoms with Crippen LogP contribution in [0.2, 0.25) is 0 Å². The highest BCUT2D eigenvalue weighted by Crippen LogP contribution is 2.22. The van der Waals surface area contributed by atoms with Crippen molar-refractivity contribution in [3.8, 4) is 17.2 Å². The number of hydrogen-bond acceptors (Lipinski definition) is 8. The summed E-state index contributed by atoms with van der Waals surface area (Å²) in [5.41, 5.74) is -0.0664. The molecule has 0 saturated carbocycles. The Hall–Kier alpha value is -3.71. The van der Waals surface area contributed by atoms with E-state index in [1.807, 2.05) is 29.1 Å². The highest BCUT2D eigenvalue weighted by Gasteiger charge is 2.18. The second kappa shape index (κ2) is 8.34. The topological polar surface area (TPSA) is 143 Å². The van der Waals surface area contributed by atoms with Gasteiger partial charge in [0.15, 0.2) is 0 Å². The third-order valence-electron chi connectivity index (χ3n) is 4.08. The number of hydrogen-bond donors (Lipinski definition) is 3. The lowest BCUT2D eigenvalue weighted by Gasteiger charge is -2.10. The number of H-pyrrole nitrogens is 1. The Labute approximate surface area is 170 Å². The zero-order valence-corrected chi connectivity index (χ0v) is 16.2. The molecule has 0 aliphatic carbocycles. The molecule has 0 spiro atoms. The van der Waals surface area contributed by atoms with E-state index in [1.165, 1.54) is 12.4 Å². The molecule has 0 aliphatic rings. The summed E-state index contributed by atoms with van der Waals surface area (Å²) in [4.78, 5) is 8.18. The molecule has 0 fully saturated rings. The SMILES string of the molecule is O=S(=O)(NCCNc1cc(-n2cccc2)ncn1)c1ccc(F)c(-c2nn[nH]n2)c1. The molecule has 0 saturated heterocycles. The molecule has 0 bridgehead atoms. The number of anilines is 1. The van der Waals surface area contributed by atoms with Crippen molar-refractivity contribution in [3.05, 3.63) is 60.9 Å². The van der Waals surface area contributed by atoms with Gasteiger partial charge in [-0.15, -0.1) is 10.2 Å². The van der Waals surface area contributed by atoms with Crippen LogP contribution in [0.15, 0.2) is 60.0 Å². The molecule has 0 aliphatic heterocycles.